The van der Waals surface area contributed by atoms with Crippen LogP contribution in [0.15, 0.2) is 0 Å². The fourth-order valence-electron chi connectivity index (χ4n) is 3.21. The molecule has 18 heavy (non-hydrogen) atoms. The van der Waals surface area contributed by atoms with Gasteiger partial charge >= 0.3 is 5.97 Å². The van der Waals surface area contributed by atoms with Gasteiger partial charge in [-0.25, -0.2) is 4.79 Å². The number of ether oxygens (including phenoxy) is 1. The van der Waals surface area contributed by atoms with Crippen LogP contribution in [-0.2, 0) is 14.3 Å². The molecule has 1 aliphatic heterocycles. The molecule has 0 aromatic rings. The van der Waals surface area contributed by atoms with Crippen molar-refractivity contribution in [2.75, 3.05) is 13.7 Å². The van der Waals surface area contributed by atoms with Gasteiger partial charge in [-0.2, -0.15) is 0 Å². The number of methoxy groups -OCH3 is 1. The highest BCUT2D eigenvalue weighted by Crippen LogP contribution is 2.37. The fraction of sp³-hybridized carbons (Fsp3) is 0.846. The normalized spacial score (nSPS) is 31.8. The molecule has 2 N–H and O–H groups in total. The van der Waals surface area contributed by atoms with Crippen LogP contribution in [-0.4, -0.2) is 37.6 Å². The molecule has 2 aliphatic rings. The van der Waals surface area contributed by atoms with Gasteiger partial charge in [-0.3, -0.25) is 4.79 Å². The Balaban J connectivity index is 1.93. The lowest BCUT2D eigenvalue weighted by Gasteiger charge is -2.21. The predicted octanol–water partition coefficient (Wildman–Crippen LogP) is 0.442. The Kier molecular flexibility index (Phi) is 4.22. The largest absolute Gasteiger partial charge is 0.467 e. The van der Waals surface area contributed by atoms with E-state index in [1.807, 2.05) is 6.92 Å². The summed E-state index contributed by atoms with van der Waals surface area (Å²) in [5.41, 5.74) is 0. The zero-order valence-electron chi connectivity index (χ0n) is 11.1. The lowest BCUT2D eigenvalue weighted by molar-refractivity contribution is -0.145. The van der Waals surface area contributed by atoms with Gasteiger partial charge in [0.2, 0.25) is 5.91 Å². The summed E-state index contributed by atoms with van der Waals surface area (Å²) in [5, 5.41) is 6.08. The zero-order chi connectivity index (χ0) is 13.1. The topological polar surface area (TPSA) is 67.4 Å². The minimum atomic E-state index is -0.523. The van der Waals surface area contributed by atoms with Crippen molar-refractivity contribution >= 4 is 11.9 Å². The number of carbonyl (C=O) groups excluding carboxylic acids is 2. The van der Waals surface area contributed by atoms with Gasteiger partial charge in [0.15, 0.2) is 0 Å². The molecule has 1 saturated carbocycles. The van der Waals surface area contributed by atoms with Gasteiger partial charge in [-0.1, -0.05) is 13.3 Å². The maximum atomic E-state index is 12.2. The summed E-state index contributed by atoms with van der Waals surface area (Å²) in [6.07, 6.45) is 4.11. The molecule has 4 atom stereocenters. The number of fused-ring (bicyclic) bond motifs is 1. The van der Waals surface area contributed by atoms with E-state index in [2.05, 4.69) is 15.4 Å². The highest BCUT2D eigenvalue weighted by atomic mass is 16.5. The Bertz CT molecular complexity index is 332. The van der Waals surface area contributed by atoms with Crippen molar-refractivity contribution in [2.24, 2.45) is 11.8 Å². The summed E-state index contributed by atoms with van der Waals surface area (Å²) in [7, 11) is 1.35. The second kappa shape index (κ2) is 5.69. The molecule has 2 rings (SSSR count). The third kappa shape index (κ3) is 2.51. The second-order valence-electron chi connectivity index (χ2n) is 5.23. The Hall–Kier alpha value is -1.10. The first-order chi connectivity index (χ1) is 8.67. The zero-order valence-corrected chi connectivity index (χ0v) is 11.1. The molecule has 0 aromatic carbocycles. The molecule has 5 heteroatoms. The highest BCUT2D eigenvalue weighted by Gasteiger charge is 2.42. The average Bonchev–Trinajstić information content (AvgIpc) is 2.96. The van der Waals surface area contributed by atoms with E-state index in [0.717, 1.165) is 13.0 Å². The molecule has 102 valence electrons. The van der Waals surface area contributed by atoms with Gasteiger partial charge in [0, 0.05) is 0 Å². The summed E-state index contributed by atoms with van der Waals surface area (Å²) < 4.78 is 4.68. The summed E-state index contributed by atoms with van der Waals surface area (Å²) in [4.78, 5) is 23.7. The van der Waals surface area contributed by atoms with Crippen molar-refractivity contribution in [1.29, 1.82) is 0 Å². The van der Waals surface area contributed by atoms with E-state index in [4.69, 9.17) is 0 Å². The van der Waals surface area contributed by atoms with Crippen LogP contribution in [0.1, 0.15) is 32.6 Å². The molecule has 0 aromatic heterocycles. The summed E-state index contributed by atoms with van der Waals surface area (Å²) in [6.45, 7) is 2.79. The first-order valence-electron chi connectivity index (χ1n) is 6.79. The van der Waals surface area contributed by atoms with E-state index in [1.54, 1.807) is 0 Å². The molecule has 2 fully saturated rings. The number of hydrogen-bond acceptors (Lipinski definition) is 4. The highest BCUT2D eigenvalue weighted by molar-refractivity contribution is 5.88. The Morgan fingerprint density at radius 1 is 1.44 bits per heavy atom. The lowest BCUT2D eigenvalue weighted by atomic mass is 9.93. The number of esters is 1. The van der Waals surface area contributed by atoms with Gasteiger partial charge in [0.1, 0.15) is 6.04 Å². The van der Waals surface area contributed by atoms with Crippen LogP contribution in [0.4, 0.5) is 0 Å². The van der Waals surface area contributed by atoms with Gasteiger partial charge in [0.25, 0.3) is 0 Å². The molecule has 0 radical (unpaired) electrons. The van der Waals surface area contributed by atoms with Gasteiger partial charge in [-0.05, 0) is 37.6 Å². The Morgan fingerprint density at radius 2 is 2.22 bits per heavy atom. The van der Waals surface area contributed by atoms with E-state index < -0.39 is 6.04 Å². The van der Waals surface area contributed by atoms with E-state index in [0.29, 0.717) is 18.3 Å². The second-order valence-corrected chi connectivity index (χ2v) is 5.23. The van der Waals surface area contributed by atoms with E-state index in [1.165, 1.54) is 20.0 Å². The smallest absolute Gasteiger partial charge is 0.328 e. The lowest BCUT2D eigenvalue weighted by Crippen LogP contribution is -2.50. The molecule has 1 aliphatic carbocycles. The van der Waals surface area contributed by atoms with Crippen LogP contribution < -0.4 is 10.6 Å². The van der Waals surface area contributed by atoms with Crippen molar-refractivity contribution in [2.45, 2.75) is 44.7 Å². The Labute approximate surface area is 108 Å². The van der Waals surface area contributed by atoms with Crippen LogP contribution in [0.25, 0.3) is 0 Å². The van der Waals surface area contributed by atoms with Crippen molar-refractivity contribution in [3.8, 4) is 0 Å². The number of hydrogen-bond donors (Lipinski definition) is 2. The quantitative estimate of drug-likeness (QED) is 0.715. The number of amides is 1. The van der Waals surface area contributed by atoms with Crippen molar-refractivity contribution in [3.05, 3.63) is 0 Å². The number of nitrogens with one attached hydrogen (secondary N) is 2. The molecule has 0 bridgehead atoms. The summed E-state index contributed by atoms with van der Waals surface area (Å²) in [6, 6.07) is -0.652. The summed E-state index contributed by atoms with van der Waals surface area (Å²) >= 11 is 0. The maximum absolute atomic E-state index is 12.2. The van der Waals surface area contributed by atoms with E-state index >= 15 is 0 Å². The van der Waals surface area contributed by atoms with Crippen molar-refractivity contribution in [1.82, 2.24) is 10.6 Å². The standard InChI is InChI=1S/C13H22N2O3/c1-3-10(13(17)18-2)15-12(16)11-9-6-4-5-8(9)7-14-11/h8-11,14H,3-7H2,1-2H3,(H,15,16). The van der Waals surface area contributed by atoms with Crippen molar-refractivity contribution < 1.29 is 14.3 Å². The molecule has 1 amide bonds. The van der Waals surface area contributed by atoms with Gasteiger partial charge < -0.3 is 15.4 Å². The van der Waals surface area contributed by atoms with Crippen molar-refractivity contribution in [3.63, 3.8) is 0 Å². The molecule has 4 unspecified atom stereocenters. The molecule has 1 saturated heterocycles. The predicted molar refractivity (Wildman–Crippen MR) is 66.9 cm³/mol. The third-order valence-electron chi connectivity index (χ3n) is 4.24. The first kappa shape index (κ1) is 13.3. The number of carbonyl (C=O) groups is 2. The molecular weight excluding hydrogens is 232 g/mol. The minimum absolute atomic E-state index is 0.0540. The average molecular weight is 254 g/mol. The monoisotopic (exact) mass is 254 g/mol. The number of rotatable bonds is 4. The van der Waals surface area contributed by atoms with Gasteiger partial charge in [0.05, 0.1) is 13.2 Å². The molecule has 0 spiro atoms. The Morgan fingerprint density at radius 3 is 2.89 bits per heavy atom. The molecular formula is C13H22N2O3. The summed E-state index contributed by atoms with van der Waals surface area (Å²) in [5.74, 6) is 0.660. The van der Waals surface area contributed by atoms with Crippen LogP contribution in [0.2, 0.25) is 0 Å². The van der Waals surface area contributed by atoms with Crippen LogP contribution in [0, 0.1) is 11.8 Å². The first-order valence-corrected chi connectivity index (χ1v) is 6.79. The van der Waals surface area contributed by atoms with E-state index in [9.17, 15) is 9.59 Å². The van der Waals surface area contributed by atoms with E-state index in [-0.39, 0.29) is 17.9 Å². The van der Waals surface area contributed by atoms with Crippen LogP contribution in [0.5, 0.6) is 0 Å². The van der Waals surface area contributed by atoms with Crippen LogP contribution in [0.3, 0.4) is 0 Å². The molecule has 5 nitrogen and oxygen atoms in total. The SMILES string of the molecule is CCC(NC(=O)C1NCC2CCCC21)C(=O)OC. The minimum Gasteiger partial charge on any atom is -0.467 e. The van der Waals surface area contributed by atoms with Gasteiger partial charge in [-0.15, -0.1) is 0 Å². The maximum Gasteiger partial charge on any atom is 0.328 e. The van der Waals surface area contributed by atoms with Crippen LogP contribution >= 0.6 is 0 Å². The third-order valence-corrected chi connectivity index (χ3v) is 4.24. The molecule has 1 heterocycles. The fourth-order valence-corrected chi connectivity index (χ4v) is 3.21.